The van der Waals surface area contributed by atoms with Crippen LogP contribution in [0.4, 0.5) is 5.69 Å². The normalized spacial score (nSPS) is 10.1. The van der Waals surface area contributed by atoms with Gasteiger partial charge in [0.15, 0.2) is 0 Å². The maximum Gasteiger partial charge on any atom is 0.235 e. The molecule has 96 valence electrons. The molecule has 1 rings (SSSR count). The minimum Gasteiger partial charge on any atom is -0.398 e. The number of nitrogens with one attached hydrogen (secondary N) is 1. The number of likely N-dealkylation sites (N-methyl/N-ethyl adjacent to an activating group) is 1. The van der Waals surface area contributed by atoms with Crippen LogP contribution in [0.25, 0.3) is 0 Å². The number of carbonyl (C=O) groups excluding carboxylic acids is 1. The van der Waals surface area contributed by atoms with Gasteiger partial charge < -0.3 is 11.1 Å². The molecule has 1 aromatic rings. The number of nitriles is 1. The molecule has 5 nitrogen and oxygen atoms in total. The fourth-order valence-corrected chi connectivity index (χ4v) is 1.60. The minimum absolute atomic E-state index is 0.0455. The number of carbonyl (C=O) groups is 1. The molecule has 5 heteroatoms. The molecule has 0 aliphatic rings. The van der Waals surface area contributed by atoms with Gasteiger partial charge in [0.1, 0.15) is 6.54 Å². The molecule has 0 fully saturated rings. The van der Waals surface area contributed by atoms with E-state index in [1.54, 1.807) is 0 Å². The number of nitrogens with zero attached hydrogens (tertiary/aromatic N) is 2. The van der Waals surface area contributed by atoms with Crippen molar-refractivity contribution in [3.63, 3.8) is 0 Å². The lowest BCUT2D eigenvalue weighted by Crippen LogP contribution is -2.37. The van der Waals surface area contributed by atoms with Crippen LogP contribution in [0.3, 0.4) is 0 Å². The Bertz CT molecular complexity index is 439. The highest BCUT2D eigenvalue weighted by Crippen LogP contribution is 2.12. The van der Waals surface area contributed by atoms with Crippen LogP contribution in [0.1, 0.15) is 12.5 Å². The first kappa shape index (κ1) is 14.0. The standard InChI is InChI=1S/C13H18N4O/c1-2-17(10-13(18)16-8-7-14)9-11-5-3-4-6-12(11)15/h3-6H,2,8-10,15H2,1H3,(H,16,18). The van der Waals surface area contributed by atoms with Gasteiger partial charge in [-0.3, -0.25) is 9.69 Å². The highest BCUT2D eigenvalue weighted by atomic mass is 16.2. The van der Waals surface area contributed by atoms with E-state index in [1.807, 2.05) is 42.2 Å². The largest absolute Gasteiger partial charge is 0.398 e. The van der Waals surface area contributed by atoms with E-state index in [2.05, 4.69) is 5.32 Å². The van der Waals surface area contributed by atoms with Gasteiger partial charge in [-0.2, -0.15) is 5.26 Å². The third-order valence-electron chi connectivity index (χ3n) is 2.63. The zero-order valence-electron chi connectivity index (χ0n) is 10.5. The van der Waals surface area contributed by atoms with Crippen molar-refractivity contribution in [2.45, 2.75) is 13.5 Å². The Balaban J connectivity index is 2.55. The number of benzene rings is 1. The van der Waals surface area contributed by atoms with E-state index in [-0.39, 0.29) is 19.0 Å². The second kappa shape index (κ2) is 7.30. The first-order valence-corrected chi connectivity index (χ1v) is 5.86. The molecule has 0 saturated carbocycles. The van der Waals surface area contributed by atoms with E-state index in [4.69, 9.17) is 11.0 Å². The first-order valence-electron chi connectivity index (χ1n) is 5.86. The lowest BCUT2D eigenvalue weighted by atomic mass is 10.1. The second-order valence-electron chi connectivity index (χ2n) is 3.94. The number of hydrogen-bond donors (Lipinski definition) is 2. The molecule has 0 aliphatic carbocycles. The Labute approximate surface area is 107 Å². The van der Waals surface area contributed by atoms with Gasteiger partial charge in [0, 0.05) is 12.2 Å². The average Bonchev–Trinajstić information content (AvgIpc) is 2.38. The average molecular weight is 246 g/mol. The van der Waals surface area contributed by atoms with Gasteiger partial charge >= 0.3 is 0 Å². The molecular formula is C13H18N4O. The van der Waals surface area contributed by atoms with Crippen molar-refractivity contribution in [3.05, 3.63) is 29.8 Å². The van der Waals surface area contributed by atoms with Crippen molar-refractivity contribution in [3.8, 4) is 6.07 Å². The topological polar surface area (TPSA) is 82.2 Å². The summed E-state index contributed by atoms with van der Waals surface area (Å²) in [5, 5.41) is 10.9. The summed E-state index contributed by atoms with van der Waals surface area (Å²) in [6.45, 7) is 3.67. The van der Waals surface area contributed by atoms with E-state index in [0.29, 0.717) is 6.54 Å². The molecule has 3 N–H and O–H groups in total. The monoisotopic (exact) mass is 246 g/mol. The van der Waals surface area contributed by atoms with Gasteiger partial charge in [-0.25, -0.2) is 0 Å². The molecule has 0 bridgehead atoms. The lowest BCUT2D eigenvalue weighted by Gasteiger charge is -2.20. The third kappa shape index (κ3) is 4.44. The SMILES string of the molecule is CCN(CC(=O)NCC#N)Cc1ccccc1N. The molecule has 0 unspecified atom stereocenters. The van der Waals surface area contributed by atoms with Gasteiger partial charge in [-0.05, 0) is 18.2 Å². The Kier molecular flexibility index (Phi) is 5.68. The van der Waals surface area contributed by atoms with Crippen LogP contribution in [0.5, 0.6) is 0 Å². The number of para-hydroxylation sites is 1. The highest BCUT2D eigenvalue weighted by molar-refractivity contribution is 5.78. The molecule has 0 aromatic heterocycles. The quantitative estimate of drug-likeness (QED) is 0.572. The Morgan fingerprint density at radius 2 is 2.22 bits per heavy atom. The summed E-state index contributed by atoms with van der Waals surface area (Å²) >= 11 is 0. The molecule has 0 spiro atoms. The minimum atomic E-state index is -0.145. The van der Waals surface area contributed by atoms with Gasteiger partial charge in [0.25, 0.3) is 0 Å². The van der Waals surface area contributed by atoms with Gasteiger partial charge in [0.2, 0.25) is 5.91 Å². The number of nitrogens with two attached hydrogens (primary N) is 1. The zero-order valence-corrected chi connectivity index (χ0v) is 10.5. The van der Waals surface area contributed by atoms with Crippen molar-refractivity contribution in [2.24, 2.45) is 0 Å². The number of amides is 1. The maximum atomic E-state index is 11.5. The van der Waals surface area contributed by atoms with Gasteiger partial charge in [-0.15, -0.1) is 0 Å². The van der Waals surface area contributed by atoms with E-state index in [1.165, 1.54) is 0 Å². The Hall–Kier alpha value is -2.06. The van der Waals surface area contributed by atoms with Gasteiger partial charge in [0.05, 0.1) is 12.6 Å². The number of hydrogen-bond acceptors (Lipinski definition) is 4. The van der Waals surface area contributed by atoms with Crippen molar-refractivity contribution in [1.82, 2.24) is 10.2 Å². The first-order chi connectivity index (χ1) is 8.67. The summed E-state index contributed by atoms with van der Waals surface area (Å²) in [6, 6.07) is 9.48. The van der Waals surface area contributed by atoms with Crippen LogP contribution < -0.4 is 11.1 Å². The number of rotatable bonds is 6. The second-order valence-corrected chi connectivity index (χ2v) is 3.94. The van der Waals surface area contributed by atoms with Crippen LogP contribution in [0.15, 0.2) is 24.3 Å². The van der Waals surface area contributed by atoms with Gasteiger partial charge in [-0.1, -0.05) is 25.1 Å². The van der Waals surface area contributed by atoms with E-state index in [9.17, 15) is 4.79 Å². The molecular weight excluding hydrogens is 228 g/mol. The van der Waals surface area contributed by atoms with E-state index < -0.39 is 0 Å². The van der Waals surface area contributed by atoms with Crippen molar-refractivity contribution >= 4 is 11.6 Å². The Morgan fingerprint density at radius 3 is 2.83 bits per heavy atom. The lowest BCUT2D eigenvalue weighted by molar-refractivity contribution is -0.122. The molecule has 0 aliphatic heterocycles. The smallest absolute Gasteiger partial charge is 0.235 e. The molecule has 1 aromatic carbocycles. The summed E-state index contributed by atoms with van der Waals surface area (Å²) in [6.07, 6.45) is 0. The highest BCUT2D eigenvalue weighted by Gasteiger charge is 2.10. The fourth-order valence-electron chi connectivity index (χ4n) is 1.60. The molecule has 1 amide bonds. The van der Waals surface area contributed by atoms with E-state index in [0.717, 1.165) is 17.8 Å². The number of anilines is 1. The molecule has 0 saturated heterocycles. The molecule has 0 atom stereocenters. The van der Waals surface area contributed by atoms with Crippen molar-refractivity contribution in [1.29, 1.82) is 5.26 Å². The summed E-state index contributed by atoms with van der Waals surface area (Å²) in [5.74, 6) is -0.145. The third-order valence-corrected chi connectivity index (χ3v) is 2.63. The molecule has 18 heavy (non-hydrogen) atoms. The summed E-state index contributed by atoms with van der Waals surface area (Å²) in [5.41, 5.74) is 7.60. The van der Waals surface area contributed by atoms with Crippen LogP contribution in [0, 0.1) is 11.3 Å². The predicted molar refractivity (Wildman–Crippen MR) is 70.4 cm³/mol. The molecule has 0 heterocycles. The summed E-state index contributed by atoms with van der Waals surface area (Å²) < 4.78 is 0. The van der Waals surface area contributed by atoms with Crippen molar-refractivity contribution in [2.75, 3.05) is 25.4 Å². The van der Waals surface area contributed by atoms with Crippen LogP contribution in [-0.2, 0) is 11.3 Å². The molecule has 0 radical (unpaired) electrons. The maximum absolute atomic E-state index is 11.5. The fraction of sp³-hybridized carbons (Fsp3) is 0.385. The predicted octanol–water partition coefficient (Wildman–Crippen LogP) is 0.730. The van der Waals surface area contributed by atoms with Crippen LogP contribution >= 0.6 is 0 Å². The van der Waals surface area contributed by atoms with E-state index >= 15 is 0 Å². The zero-order chi connectivity index (χ0) is 13.4. The Morgan fingerprint density at radius 1 is 1.50 bits per heavy atom. The van der Waals surface area contributed by atoms with Crippen LogP contribution in [-0.4, -0.2) is 30.4 Å². The van der Waals surface area contributed by atoms with Crippen LogP contribution in [0.2, 0.25) is 0 Å². The summed E-state index contributed by atoms with van der Waals surface area (Å²) in [7, 11) is 0. The van der Waals surface area contributed by atoms with Crippen molar-refractivity contribution < 1.29 is 4.79 Å². The summed E-state index contributed by atoms with van der Waals surface area (Å²) in [4.78, 5) is 13.5. The number of nitrogen functional groups attached to an aromatic ring is 1.